The summed E-state index contributed by atoms with van der Waals surface area (Å²) in [5, 5.41) is 9.30. The lowest BCUT2D eigenvalue weighted by atomic mass is 10.1. The lowest BCUT2D eigenvalue weighted by Gasteiger charge is -2.30. The highest BCUT2D eigenvalue weighted by atomic mass is 35.5. The van der Waals surface area contributed by atoms with Crippen molar-refractivity contribution in [3.63, 3.8) is 0 Å². The minimum Gasteiger partial charge on any atom is -0.393 e. The van der Waals surface area contributed by atoms with E-state index in [2.05, 4.69) is 0 Å². The van der Waals surface area contributed by atoms with Crippen LogP contribution in [0.25, 0.3) is 0 Å². The van der Waals surface area contributed by atoms with Gasteiger partial charge in [-0.15, -0.1) is 11.6 Å². The van der Waals surface area contributed by atoms with E-state index in [-0.39, 0.29) is 30.3 Å². The monoisotopic (exact) mass is 248 g/mol. The maximum Gasteiger partial charge on any atom is 0.242 e. The predicted octanol–water partition coefficient (Wildman–Crippen LogP) is -0.333. The Hall–Kier alpha value is -0.810. The van der Waals surface area contributed by atoms with Crippen molar-refractivity contribution in [1.82, 2.24) is 9.80 Å². The molecule has 1 fully saturated rings. The molecule has 0 spiro atoms. The quantitative estimate of drug-likeness (QED) is 0.696. The van der Waals surface area contributed by atoms with Gasteiger partial charge >= 0.3 is 0 Å². The van der Waals surface area contributed by atoms with Crippen molar-refractivity contribution in [2.24, 2.45) is 0 Å². The fourth-order valence-electron chi connectivity index (χ4n) is 1.61. The molecule has 1 aliphatic heterocycles. The van der Waals surface area contributed by atoms with Crippen molar-refractivity contribution < 1.29 is 14.7 Å². The molecular formula is C10H17ClN2O3. The zero-order chi connectivity index (χ0) is 12.1. The number of aliphatic hydroxyl groups is 1. The summed E-state index contributed by atoms with van der Waals surface area (Å²) in [4.78, 5) is 25.9. The highest BCUT2D eigenvalue weighted by molar-refractivity contribution is 6.27. The molecule has 0 aromatic carbocycles. The molecule has 0 radical (unpaired) electrons. The Morgan fingerprint density at radius 3 is 2.50 bits per heavy atom. The Labute approximate surface area is 100.0 Å². The second-order valence-electron chi connectivity index (χ2n) is 4.00. The van der Waals surface area contributed by atoms with Crippen LogP contribution < -0.4 is 0 Å². The highest BCUT2D eigenvalue weighted by Gasteiger charge is 2.22. The van der Waals surface area contributed by atoms with Crippen LogP contribution in [0.5, 0.6) is 0 Å². The third kappa shape index (κ3) is 3.64. The van der Waals surface area contributed by atoms with E-state index in [9.17, 15) is 14.7 Å². The summed E-state index contributed by atoms with van der Waals surface area (Å²) < 4.78 is 0. The number of halogens is 1. The van der Waals surface area contributed by atoms with Crippen LogP contribution in [-0.4, -0.2) is 65.4 Å². The van der Waals surface area contributed by atoms with Crippen molar-refractivity contribution in [1.29, 1.82) is 0 Å². The molecule has 92 valence electrons. The molecule has 0 unspecified atom stereocenters. The molecule has 16 heavy (non-hydrogen) atoms. The Morgan fingerprint density at radius 1 is 1.44 bits per heavy atom. The van der Waals surface area contributed by atoms with Gasteiger partial charge in [0.05, 0.1) is 12.6 Å². The van der Waals surface area contributed by atoms with Crippen molar-refractivity contribution in [3.05, 3.63) is 0 Å². The van der Waals surface area contributed by atoms with Gasteiger partial charge in [0.2, 0.25) is 11.8 Å². The van der Waals surface area contributed by atoms with Gasteiger partial charge in [0, 0.05) is 20.1 Å². The van der Waals surface area contributed by atoms with E-state index in [0.29, 0.717) is 25.9 Å². The summed E-state index contributed by atoms with van der Waals surface area (Å²) in [6.45, 7) is 1.17. The third-order valence-corrected chi connectivity index (χ3v) is 2.96. The van der Waals surface area contributed by atoms with Crippen LogP contribution in [0.4, 0.5) is 0 Å². The molecular weight excluding hydrogens is 232 g/mol. The van der Waals surface area contributed by atoms with Gasteiger partial charge in [-0.2, -0.15) is 0 Å². The average Bonchev–Trinajstić information content (AvgIpc) is 2.28. The summed E-state index contributed by atoms with van der Waals surface area (Å²) >= 11 is 5.39. The average molecular weight is 249 g/mol. The first-order valence-corrected chi connectivity index (χ1v) is 5.83. The molecule has 2 amide bonds. The van der Waals surface area contributed by atoms with Gasteiger partial charge in [-0.3, -0.25) is 9.59 Å². The van der Waals surface area contributed by atoms with E-state index in [1.165, 1.54) is 4.90 Å². The maximum atomic E-state index is 11.7. The molecule has 0 aliphatic carbocycles. The van der Waals surface area contributed by atoms with Gasteiger partial charge in [0.15, 0.2) is 0 Å². The Morgan fingerprint density at radius 2 is 2.00 bits per heavy atom. The van der Waals surface area contributed by atoms with E-state index in [0.717, 1.165) is 0 Å². The van der Waals surface area contributed by atoms with E-state index < -0.39 is 0 Å². The molecule has 0 bridgehead atoms. The van der Waals surface area contributed by atoms with Gasteiger partial charge in [-0.1, -0.05) is 0 Å². The Balaban J connectivity index is 2.37. The SMILES string of the molecule is CN(CC(=O)N1CCC(O)CC1)C(=O)CCl. The number of aliphatic hydroxyl groups excluding tert-OH is 1. The molecule has 0 saturated carbocycles. The van der Waals surface area contributed by atoms with Crippen LogP contribution in [0.15, 0.2) is 0 Å². The highest BCUT2D eigenvalue weighted by Crippen LogP contribution is 2.10. The topological polar surface area (TPSA) is 60.9 Å². The van der Waals surface area contributed by atoms with Gasteiger partial charge < -0.3 is 14.9 Å². The van der Waals surface area contributed by atoms with E-state index in [1.54, 1.807) is 11.9 Å². The van der Waals surface area contributed by atoms with Gasteiger partial charge in [-0.05, 0) is 12.8 Å². The second-order valence-corrected chi connectivity index (χ2v) is 4.26. The number of likely N-dealkylation sites (N-methyl/N-ethyl adjacent to an activating group) is 1. The van der Waals surface area contributed by atoms with Crippen LogP contribution in [-0.2, 0) is 9.59 Å². The number of hydrogen-bond acceptors (Lipinski definition) is 3. The summed E-state index contributed by atoms with van der Waals surface area (Å²) in [7, 11) is 1.56. The van der Waals surface area contributed by atoms with Crippen molar-refractivity contribution in [2.45, 2.75) is 18.9 Å². The number of rotatable bonds is 3. The molecule has 5 nitrogen and oxygen atoms in total. The zero-order valence-electron chi connectivity index (χ0n) is 9.36. The van der Waals surface area contributed by atoms with Crippen LogP contribution in [0, 0.1) is 0 Å². The number of carbonyl (C=O) groups excluding carboxylic acids is 2. The maximum absolute atomic E-state index is 11.7. The summed E-state index contributed by atoms with van der Waals surface area (Å²) in [5.74, 6) is -0.456. The van der Waals surface area contributed by atoms with Crippen LogP contribution in [0.2, 0.25) is 0 Å². The summed E-state index contributed by atoms with van der Waals surface area (Å²) in [6, 6.07) is 0. The second kappa shape index (κ2) is 6.06. The van der Waals surface area contributed by atoms with Crippen LogP contribution in [0.3, 0.4) is 0 Å². The predicted molar refractivity (Wildman–Crippen MR) is 60.2 cm³/mol. The smallest absolute Gasteiger partial charge is 0.242 e. The summed E-state index contributed by atoms with van der Waals surface area (Å²) in [6.07, 6.45) is 0.920. The molecule has 1 saturated heterocycles. The fourth-order valence-corrected chi connectivity index (χ4v) is 1.81. The molecule has 0 aromatic rings. The zero-order valence-corrected chi connectivity index (χ0v) is 10.1. The Kier molecular flexibility index (Phi) is 5.02. The van der Waals surface area contributed by atoms with Crippen molar-refractivity contribution >= 4 is 23.4 Å². The number of likely N-dealkylation sites (tertiary alicyclic amines) is 1. The van der Waals surface area contributed by atoms with Gasteiger partial charge in [-0.25, -0.2) is 0 Å². The lowest BCUT2D eigenvalue weighted by molar-refractivity contribution is -0.139. The molecule has 6 heteroatoms. The third-order valence-electron chi connectivity index (χ3n) is 2.73. The number of carbonyl (C=O) groups is 2. The number of amides is 2. The standard InChI is InChI=1S/C10H17ClN2O3/c1-12(9(15)6-11)7-10(16)13-4-2-8(14)3-5-13/h8,14H,2-7H2,1H3. The number of alkyl halides is 1. The Bertz CT molecular complexity index is 265. The lowest BCUT2D eigenvalue weighted by Crippen LogP contribution is -2.45. The van der Waals surface area contributed by atoms with Crippen LogP contribution in [0.1, 0.15) is 12.8 Å². The molecule has 1 N–H and O–H groups in total. The summed E-state index contributed by atoms with van der Waals surface area (Å²) in [5.41, 5.74) is 0. The van der Waals surface area contributed by atoms with Gasteiger partial charge in [0.25, 0.3) is 0 Å². The van der Waals surface area contributed by atoms with Crippen LogP contribution >= 0.6 is 11.6 Å². The van der Waals surface area contributed by atoms with E-state index in [4.69, 9.17) is 11.6 Å². The first-order chi connectivity index (χ1) is 7.54. The molecule has 1 heterocycles. The minimum atomic E-state index is -0.300. The van der Waals surface area contributed by atoms with Gasteiger partial charge in [0.1, 0.15) is 5.88 Å². The van der Waals surface area contributed by atoms with Crippen molar-refractivity contribution in [3.8, 4) is 0 Å². The van der Waals surface area contributed by atoms with Crippen molar-refractivity contribution in [2.75, 3.05) is 32.6 Å². The van der Waals surface area contributed by atoms with E-state index in [1.807, 2.05) is 0 Å². The normalized spacial score (nSPS) is 17.3. The first kappa shape index (κ1) is 13.3. The molecule has 0 atom stereocenters. The molecule has 1 aliphatic rings. The molecule has 1 rings (SSSR count). The number of hydrogen-bond donors (Lipinski definition) is 1. The van der Waals surface area contributed by atoms with E-state index >= 15 is 0 Å². The minimum absolute atomic E-state index is 0.0572. The molecule has 0 aromatic heterocycles. The fraction of sp³-hybridized carbons (Fsp3) is 0.800. The number of piperidine rings is 1. The first-order valence-electron chi connectivity index (χ1n) is 5.30. The largest absolute Gasteiger partial charge is 0.393 e. The number of nitrogens with zero attached hydrogens (tertiary/aromatic N) is 2.